The van der Waals surface area contributed by atoms with Gasteiger partial charge in [0.1, 0.15) is 11.6 Å². The molecule has 0 atom stereocenters. The summed E-state index contributed by atoms with van der Waals surface area (Å²) >= 11 is 5.78. The van der Waals surface area contributed by atoms with Crippen LogP contribution in [0.3, 0.4) is 0 Å². The van der Waals surface area contributed by atoms with Crippen LogP contribution in [0.15, 0.2) is 54.1 Å². The lowest BCUT2D eigenvalue weighted by Gasteiger charge is -2.07. The predicted molar refractivity (Wildman–Crippen MR) is 87.1 cm³/mol. The van der Waals surface area contributed by atoms with Crippen LogP contribution in [-0.2, 0) is 4.79 Å². The van der Waals surface area contributed by atoms with Gasteiger partial charge in [0.05, 0.1) is 11.3 Å². The number of hydrogen-bond donors (Lipinski definition) is 2. The number of carboxylic acid groups (broad SMARTS) is 1. The van der Waals surface area contributed by atoms with Gasteiger partial charge in [-0.25, -0.2) is 4.79 Å². The Hall–Kier alpha value is -3.10. The van der Waals surface area contributed by atoms with E-state index in [1.165, 1.54) is 18.2 Å². The third-order valence-corrected chi connectivity index (χ3v) is 3.20. The molecule has 1 amide bonds. The van der Waals surface area contributed by atoms with Crippen LogP contribution in [0.4, 0.5) is 5.69 Å². The number of amides is 1. The zero-order chi connectivity index (χ0) is 16.8. The number of nitriles is 1. The maximum Gasteiger partial charge on any atom is 0.337 e. The van der Waals surface area contributed by atoms with Crippen LogP contribution in [0.1, 0.15) is 15.9 Å². The highest BCUT2D eigenvalue weighted by atomic mass is 35.5. The van der Waals surface area contributed by atoms with Crippen LogP contribution >= 0.6 is 11.6 Å². The Morgan fingerprint density at radius 3 is 2.39 bits per heavy atom. The maximum atomic E-state index is 12.2. The lowest BCUT2D eigenvalue weighted by Crippen LogP contribution is -2.16. The Morgan fingerprint density at radius 2 is 1.78 bits per heavy atom. The number of para-hydroxylation sites is 1. The molecule has 0 unspecified atom stereocenters. The Labute approximate surface area is 137 Å². The molecular weight excluding hydrogens is 316 g/mol. The van der Waals surface area contributed by atoms with Crippen molar-refractivity contribution >= 4 is 35.2 Å². The zero-order valence-electron chi connectivity index (χ0n) is 11.8. The van der Waals surface area contributed by atoms with Gasteiger partial charge in [-0.15, -0.1) is 0 Å². The number of halogens is 1. The average Bonchev–Trinajstić information content (AvgIpc) is 2.54. The van der Waals surface area contributed by atoms with Crippen molar-refractivity contribution in [1.82, 2.24) is 0 Å². The Bertz CT molecular complexity index is 820. The molecular formula is C17H11ClN2O3. The van der Waals surface area contributed by atoms with E-state index >= 15 is 0 Å². The van der Waals surface area contributed by atoms with Crippen LogP contribution in [-0.4, -0.2) is 17.0 Å². The van der Waals surface area contributed by atoms with Crippen molar-refractivity contribution in [1.29, 1.82) is 5.26 Å². The summed E-state index contributed by atoms with van der Waals surface area (Å²) in [5.41, 5.74) is 0.562. The van der Waals surface area contributed by atoms with Gasteiger partial charge in [0.25, 0.3) is 5.91 Å². The van der Waals surface area contributed by atoms with Crippen LogP contribution in [0.2, 0.25) is 5.02 Å². The molecule has 6 heteroatoms. The van der Waals surface area contributed by atoms with Crippen LogP contribution < -0.4 is 5.32 Å². The van der Waals surface area contributed by atoms with E-state index in [-0.39, 0.29) is 16.8 Å². The van der Waals surface area contributed by atoms with Gasteiger partial charge in [0.2, 0.25) is 0 Å². The fraction of sp³-hybridized carbons (Fsp3) is 0. The van der Waals surface area contributed by atoms with Crippen LogP contribution in [0.5, 0.6) is 0 Å². The second-order valence-electron chi connectivity index (χ2n) is 4.53. The molecule has 114 valence electrons. The monoisotopic (exact) mass is 326 g/mol. The van der Waals surface area contributed by atoms with Crippen molar-refractivity contribution in [3.8, 4) is 6.07 Å². The fourth-order valence-corrected chi connectivity index (χ4v) is 1.97. The van der Waals surface area contributed by atoms with E-state index in [1.54, 1.807) is 42.5 Å². The predicted octanol–water partition coefficient (Wildman–Crippen LogP) is 3.58. The summed E-state index contributed by atoms with van der Waals surface area (Å²) in [7, 11) is 0. The van der Waals surface area contributed by atoms with Crippen molar-refractivity contribution in [3.63, 3.8) is 0 Å². The van der Waals surface area contributed by atoms with Crippen LogP contribution in [0, 0.1) is 11.3 Å². The standard InChI is InChI=1S/C17H11ClN2O3/c18-13-7-5-11(6-8-13)9-12(10-19)16(21)20-15-4-2-1-3-14(15)17(22)23/h1-9H,(H,20,21)(H,22,23)/b12-9+. The highest BCUT2D eigenvalue weighted by Crippen LogP contribution is 2.17. The molecule has 2 aromatic carbocycles. The summed E-state index contributed by atoms with van der Waals surface area (Å²) in [4.78, 5) is 23.3. The molecule has 0 aromatic heterocycles. The second kappa shape index (κ2) is 7.25. The molecule has 2 N–H and O–H groups in total. The van der Waals surface area contributed by atoms with Gasteiger partial charge >= 0.3 is 5.97 Å². The Balaban J connectivity index is 2.27. The minimum absolute atomic E-state index is 0.0513. The molecule has 0 aliphatic carbocycles. The molecule has 0 heterocycles. The third kappa shape index (κ3) is 4.19. The third-order valence-electron chi connectivity index (χ3n) is 2.95. The highest BCUT2D eigenvalue weighted by molar-refractivity contribution is 6.30. The molecule has 0 saturated heterocycles. The Kier molecular flexibility index (Phi) is 5.13. The summed E-state index contributed by atoms with van der Waals surface area (Å²) in [5.74, 6) is -1.85. The number of nitrogens with one attached hydrogen (secondary N) is 1. The molecule has 2 aromatic rings. The Morgan fingerprint density at radius 1 is 1.13 bits per heavy atom. The molecule has 2 rings (SSSR count). The second-order valence-corrected chi connectivity index (χ2v) is 4.96. The van der Waals surface area contributed by atoms with Crippen molar-refractivity contribution < 1.29 is 14.7 Å². The first kappa shape index (κ1) is 16.3. The summed E-state index contributed by atoms with van der Waals surface area (Å²) in [6.07, 6.45) is 1.40. The van der Waals surface area contributed by atoms with E-state index in [0.717, 1.165) is 0 Å². The number of hydrogen-bond acceptors (Lipinski definition) is 3. The molecule has 0 aliphatic heterocycles. The molecule has 0 bridgehead atoms. The number of nitrogens with zero attached hydrogens (tertiary/aromatic N) is 1. The van der Waals surface area contributed by atoms with Gasteiger partial charge in [-0.2, -0.15) is 5.26 Å². The van der Waals surface area contributed by atoms with E-state index in [0.29, 0.717) is 10.6 Å². The number of rotatable bonds is 4. The molecule has 0 saturated carbocycles. The topological polar surface area (TPSA) is 90.2 Å². The fourth-order valence-electron chi connectivity index (χ4n) is 1.84. The number of carbonyl (C=O) groups is 2. The highest BCUT2D eigenvalue weighted by Gasteiger charge is 2.14. The number of anilines is 1. The van der Waals surface area contributed by atoms with Gasteiger partial charge in [-0.05, 0) is 35.9 Å². The van der Waals surface area contributed by atoms with E-state index < -0.39 is 11.9 Å². The minimum atomic E-state index is -1.17. The van der Waals surface area contributed by atoms with Gasteiger partial charge in [0, 0.05) is 5.02 Å². The normalized spacial score (nSPS) is 10.7. The van der Waals surface area contributed by atoms with Crippen molar-refractivity contribution in [2.75, 3.05) is 5.32 Å². The lowest BCUT2D eigenvalue weighted by molar-refractivity contribution is -0.112. The molecule has 0 spiro atoms. The largest absolute Gasteiger partial charge is 0.478 e. The zero-order valence-corrected chi connectivity index (χ0v) is 12.5. The molecule has 0 aliphatic rings. The molecule has 0 radical (unpaired) electrons. The summed E-state index contributed by atoms with van der Waals surface area (Å²) in [6, 6.07) is 14.4. The number of aromatic carboxylic acids is 1. The maximum absolute atomic E-state index is 12.2. The van der Waals surface area contributed by atoms with Crippen molar-refractivity contribution in [3.05, 3.63) is 70.3 Å². The van der Waals surface area contributed by atoms with E-state index in [9.17, 15) is 9.59 Å². The summed E-state index contributed by atoms with van der Waals surface area (Å²) in [5, 5.41) is 21.2. The summed E-state index contributed by atoms with van der Waals surface area (Å²) < 4.78 is 0. The van der Waals surface area contributed by atoms with Gasteiger partial charge in [-0.3, -0.25) is 4.79 Å². The van der Waals surface area contributed by atoms with Crippen LogP contribution in [0.25, 0.3) is 6.08 Å². The van der Waals surface area contributed by atoms with Crippen molar-refractivity contribution in [2.24, 2.45) is 0 Å². The number of benzene rings is 2. The van der Waals surface area contributed by atoms with E-state index in [1.807, 2.05) is 0 Å². The molecule has 23 heavy (non-hydrogen) atoms. The van der Waals surface area contributed by atoms with E-state index in [4.69, 9.17) is 22.0 Å². The summed E-state index contributed by atoms with van der Waals surface area (Å²) in [6.45, 7) is 0. The number of carbonyl (C=O) groups excluding carboxylic acids is 1. The molecule has 0 fully saturated rings. The van der Waals surface area contributed by atoms with Gasteiger partial charge < -0.3 is 10.4 Å². The average molecular weight is 327 g/mol. The quantitative estimate of drug-likeness (QED) is 0.663. The minimum Gasteiger partial charge on any atom is -0.478 e. The molecule has 5 nitrogen and oxygen atoms in total. The van der Waals surface area contributed by atoms with E-state index in [2.05, 4.69) is 5.32 Å². The van der Waals surface area contributed by atoms with Gasteiger partial charge in [-0.1, -0.05) is 35.9 Å². The smallest absolute Gasteiger partial charge is 0.337 e. The number of carboxylic acids is 1. The first-order valence-corrected chi connectivity index (χ1v) is 6.90. The van der Waals surface area contributed by atoms with Crippen molar-refractivity contribution in [2.45, 2.75) is 0 Å². The SMILES string of the molecule is N#C/C(=C\c1ccc(Cl)cc1)C(=O)Nc1ccccc1C(=O)O. The lowest BCUT2D eigenvalue weighted by atomic mass is 10.1. The first-order chi connectivity index (χ1) is 11.0. The first-order valence-electron chi connectivity index (χ1n) is 6.52. The van der Waals surface area contributed by atoms with Gasteiger partial charge in [0.15, 0.2) is 0 Å².